The second-order valence-corrected chi connectivity index (χ2v) is 6.74. The van der Waals surface area contributed by atoms with Crippen molar-refractivity contribution in [3.63, 3.8) is 0 Å². The van der Waals surface area contributed by atoms with Crippen molar-refractivity contribution in [2.45, 2.75) is 37.8 Å². The minimum atomic E-state index is -1.16. The molecule has 2 fully saturated rings. The Morgan fingerprint density at radius 2 is 1.96 bits per heavy atom. The summed E-state index contributed by atoms with van der Waals surface area (Å²) in [5.41, 5.74) is -0.203. The highest BCUT2D eigenvalue weighted by molar-refractivity contribution is 5.85. The van der Waals surface area contributed by atoms with E-state index in [0.717, 1.165) is 50.4 Å². The topological polar surface area (TPSA) is 68.7 Å². The van der Waals surface area contributed by atoms with E-state index in [1.165, 1.54) is 0 Å². The number of rotatable bonds is 4. The Morgan fingerprint density at radius 1 is 1.26 bits per heavy atom. The van der Waals surface area contributed by atoms with Gasteiger partial charge in [-0.3, -0.25) is 4.79 Å². The van der Waals surface area contributed by atoms with Crippen molar-refractivity contribution in [3.8, 4) is 0 Å². The zero-order chi connectivity index (χ0) is 16.3. The highest BCUT2D eigenvalue weighted by atomic mass is 16.3. The van der Waals surface area contributed by atoms with Gasteiger partial charge in [-0.05, 0) is 44.4 Å². The molecule has 2 aliphatic rings. The fourth-order valence-corrected chi connectivity index (χ4v) is 3.28. The van der Waals surface area contributed by atoms with Crippen LogP contribution in [0.1, 0.15) is 31.2 Å². The molecule has 1 saturated heterocycles. The maximum absolute atomic E-state index is 12.1. The lowest BCUT2D eigenvalue weighted by molar-refractivity contribution is -0.139. The molecular weight excluding hydrogens is 292 g/mol. The van der Waals surface area contributed by atoms with Gasteiger partial charge >= 0.3 is 0 Å². The molecule has 6 nitrogen and oxygen atoms in total. The van der Waals surface area contributed by atoms with Crippen LogP contribution in [0.2, 0.25) is 0 Å². The van der Waals surface area contributed by atoms with Gasteiger partial charge in [0.1, 0.15) is 11.4 Å². The maximum Gasteiger partial charge on any atom is 0.252 e. The molecule has 0 unspecified atom stereocenters. The summed E-state index contributed by atoms with van der Waals surface area (Å²) in [6.07, 6.45) is 4.79. The number of hydrogen-bond acceptors (Lipinski definition) is 5. The number of likely N-dealkylation sites (N-methyl/N-ethyl adjacent to an activating group) is 1. The fourth-order valence-electron chi connectivity index (χ4n) is 3.28. The van der Waals surface area contributed by atoms with Crippen molar-refractivity contribution in [2.24, 2.45) is 0 Å². The summed E-state index contributed by atoms with van der Waals surface area (Å²) in [5.74, 6) is 0.737. The van der Waals surface area contributed by atoms with Crippen LogP contribution in [0.15, 0.2) is 18.3 Å². The number of piperazine rings is 1. The second kappa shape index (κ2) is 6.84. The molecule has 0 radical (unpaired) electrons. The van der Waals surface area contributed by atoms with Crippen LogP contribution in [0.3, 0.4) is 0 Å². The van der Waals surface area contributed by atoms with E-state index in [-0.39, 0.29) is 5.91 Å². The van der Waals surface area contributed by atoms with Gasteiger partial charge in [0.25, 0.3) is 5.91 Å². The van der Waals surface area contributed by atoms with Crippen LogP contribution in [-0.4, -0.2) is 59.7 Å². The van der Waals surface area contributed by atoms with Crippen LogP contribution >= 0.6 is 0 Å². The molecule has 1 aromatic rings. The van der Waals surface area contributed by atoms with Gasteiger partial charge in [0, 0.05) is 38.9 Å². The quantitative estimate of drug-likeness (QED) is 0.858. The first kappa shape index (κ1) is 16.2. The third-order valence-electron chi connectivity index (χ3n) is 4.94. The lowest BCUT2D eigenvalue weighted by Gasteiger charge is -2.33. The smallest absolute Gasteiger partial charge is 0.252 e. The maximum atomic E-state index is 12.1. The molecule has 1 aromatic heterocycles. The molecule has 0 spiro atoms. The summed E-state index contributed by atoms with van der Waals surface area (Å²) in [5, 5.41) is 13.1. The minimum absolute atomic E-state index is 0.252. The van der Waals surface area contributed by atoms with Crippen molar-refractivity contribution in [1.29, 1.82) is 0 Å². The van der Waals surface area contributed by atoms with Crippen molar-refractivity contribution < 1.29 is 9.90 Å². The van der Waals surface area contributed by atoms with Crippen molar-refractivity contribution in [2.75, 3.05) is 38.1 Å². The number of nitrogens with one attached hydrogen (secondary N) is 1. The number of nitrogens with zero attached hydrogens (tertiary/aromatic N) is 3. The van der Waals surface area contributed by atoms with Crippen LogP contribution < -0.4 is 10.2 Å². The Kier molecular flexibility index (Phi) is 4.82. The number of carbonyl (C=O) groups is 1. The predicted octanol–water partition coefficient (Wildman–Crippen LogP) is 0.755. The number of carbonyl (C=O) groups excluding carboxylic acids is 1. The first-order chi connectivity index (χ1) is 11.1. The lowest BCUT2D eigenvalue weighted by atomic mass is 10.0. The molecule has 23 heavy (non-hydrogen) atoms. The minimum Gasteiger partial charge on any atom is -0.380 e. The van der Waals surface area contributed by atoms with E-state index < -0.39 is 5.60 Å². The Balaban J connectivity index is 1.52. The molecular formula is C17H26N4O2. The molecule has 126 valence electrons. The van der Waals surface area contributed by atoms with Gasteiger partial charge < -0.3 is 20.2 Å². The number of anilines is 1. The largest absolute Gasteiger partial charge is 0.380 e. The van der Waals surface area contributed by atoms with Crippen LogP contribution in [0.4, 0.5) is 5.82 Å². The molecule has 1 saturated carbocycles. The van der Waals surface area contributed by atoms with Crippen LogP contribution in [-0.2, 0) is 11.3 Å². The Labute approximate surface area is 137 Å². The van der Waals surface area contributed by atoms with Gasteiger partial charge in [-0.1, -0.05) is 6.07 Å². The SMILES string of the molecule is CN1CCN(c2ccc(CNC(=O)C3(O)CCCC3)cn2)CC1. The zero-order valence-electron chi connectivity index (χ0n) is 13.8. The zero-order valence-corrected chi connectivity index (χ0v) is 13.8. The summed E-state index contributed by atoms with van der Waals surface area (Å²) in [6, 6.07) is 4.01. The van der Waals surface area contributed by atoms with E-state index in [0.29, 0.717) is 19.4 Å². The highest BCUT2D eigenvalue weighted by Gasteiger charge is 2.38. The molecule has 3 rings (SSSR count). The van der Waals surface area contributed by atoms with Crippen LogP contribution in [0.25, 0.3) is 0 Å². The first-order valence-corrected chi connectivity index (χ1v) is 8.46. The molecule has 0 atom stereocenters. The monoisotopic (exact) mass is 318 g/mol. The van der Waals surface area contributed by atoms with Gasteiger partial charge in [-0.25, -0.2) is 4.98 Å². The molecule has 1 aliphatic carbocycles. The first-order valence-electron chi connectivity index (χ1n) is 8.46. The van der Waals surface area contributed by atoms with Crippen LogP contribution in [0, 0.1) is 0 Å². The van der Waals surface area contributed by atoms with E-state index in [2.05, 4.69) is 27.1 Å². The third kappa shape index (κ3) is 3.82. The van der Waals surface area contributed by atoms with Gasteiger partial charge in [0.2, 0.25) is 0 Å². The summed E-state index contributed by atoms with van der Waals surface area (Å²) >= 11 is 0. The molecule has 0 aromatic carbocycles. The van der Waals surface area contributed by atoms with Crippen LogP contribution in [0.5, 0.6) is 0 Å². The molecule has 0 bridgehead atoms. The summed E-state index contributed by atoms with van der Waals surface area (Å²) < 4.78 is 0. The highest BCUT2D eigenvalue weighted by Crippen LogP contribution is 2.29. The lowest BCUT2D eigenvalue weighted by Crippen LogP contribution is -2.45. The van der Waals surface area contributed by atoms with E-state index in [1.807, 2.05) is 18.3 Å². The fraction of sp³-hybridized carbons (Fsp3) is 0.647. The van der Waals surface area contributed by atoms with Crippen molar-refractivity contribution in [3.05, 3.63) is 23.9 Å². The Hall–Kier alpha value is -1.66. The van der Waals surface area contributed by atoms with Crippen molar-refractivity contribution in [1.82, 2.24) is 15.2 Å². The Bertz CT molecular complexity index is 532. The number of amides is 1. The third-order valence-corrected chi connectivity index (χ3v) is 4.94. The average Bonchev–Trinajstić information content (AvgIpc) is 3.02. The number of pyridine rings is 1. The Morgan fingerprint density at radius 3 is 2.57 bits per heavy atom. The normalized spacial score (nSPS) is 21.4. The standard InChI is InChI=1S/C17H26N4O2/c1-20-8-10-21(11-9-20)15-5-4-14(12-18-15)13-19-16(22)17(23)6-2-3-7-17/h4-5,12,23H,2-3,6-11,13H2,1H3,(H,19,22). The van der Waals surface area contributed by atoms with Gasteiger partial charge in [0.15, 0.2) is 0 Å². The van der Waals surface area contributed by atoms with Gasteiger partial charge in [0.05, 0.1) is 0 Å². The number of aliphatic hydroxyl groups is 1. The van der Waals surface area contributed by atoms with E-state index in [9.17, 15) is 9.90 Å². The van der Waals surface area contributed by atoms with Crippen molar-refractivity contribution >= 4 is 11.7 Å². The molecule has 2 heterocycles. The molecule has 1 amide bonds. The predicted molar refractivity (Wildman–Crippen MR) is 89.2 cm³/mol. The second-order valence-electron chi connectivity index (χ2n) is 6.74. The molecule has 2 N–H and O–H groups in total. The number of hydrogen-bond donors (Lipinski definition) is 2. The summed E-state index contributed by atoms with van der Waals surface area (Å²) in [6.45, 7) is 4.51. The van der Waals surface area contributed by atoms with Gasteiger partial charge in [-0.2, -0.15) is 0 Å². The molecule has 1 aliphatic heterocycles. The van der Waals surface area contributed by atoms with E-state index in [1.54, 1.807) is 0 Å². The average molecular weight is 318 g/mol. The van der Waals surface area contributed by atoms with E-state index >= 15 is 0 Å². The van der Waals surface area contributed by atoms with Gasteiger partial charge in [-0.15, -0.1) is 0 Å². The summed E-state index contributed by atoms with van der Waals surface area (Å²) in [4.78, 5) is 21.2. The number of aromatic nitrogens is 1. The summed E-state index contributed by atoms with van der Waals surface area (Å²) in [7, 11) is 2.13. The van der Waals surface area contributed by atoms with E-state index in [4.69, 9.17) is 0 Å². The molecule has 6 heteroatoms.